The lowest BCUT2D eigenvalue weighted by atomic mass is 9.63. The van der Waals surface area contributed by atoms with E-state index in [1.54, 1.807) is 0 Å². The Bertz CT molecular complexity index is 142. The first-order valence-corrected chi connectivity index (χ1v) is 5.26. The summed E-state index contributed by atoms with van der Waals surface area (Å²) in [6.45, 7) is 4.74. The quantitative estimate of drug-likeness (QED) is 0.625. The van der Waals surface area contributed by atoms with E-state index >= 15 is 0 Å². The smallest absolute Gasteiger partial charge is 0.0143 e. The summed E-state index contributed by atoms with van der Waals surface area (Å²) in [5.74, 6) is 0. The molecular formula is C11H23N. The molecule has 12 heavy (non-hydrogen) atoms. The summed E-state index contributed by atoms with van der Waals surface area (Å²) in [5, 5.41) is 0. The summed E-state index contributed by atoms with van der Waals surface area (Å²) < 4.78 is 0. The molecule has 1 rings (SSSR count). The van der Waals surface area contributed by atoms with Crippen LogP contribution in [0.1, 0.15) is 46.0 Å². The lowest BCUT2D eigenvalue weighted by molar-refractivity contribution is 0.00587. The Morgan fingerprint density at radius 1 is 1.42 bits per heavy atom. The fourth-order valence-electron chi connectivity index (χ4n) is 2.52. The van der Waals surface area contributed by atoms with Crippen molar-refractivity contribution in [2.45, 2.75) is 52.0 Å². The van der Waals surface area contributed by atoms with Crippen LogP contribution in [-0.4, -0.2) is 25.0 Å². The molecule has 0 aromatic carbocycles. The van der Waals surface area contributed by atoms with Gasteiger partial charge in [0.05, 0.1) is 0 Å². The monoisotopic (exact) mass is 169 g/mol. The fraction of sp³-hybridized carbons (Fsp3) is 1.00. The molecule has 2 unspecified atom stereocenters. The molecule has 1 aliphatic rings. The Hall–Kier alpha value is -0.0400. The Morgan fingerprint density at radius 2 is 2.08 bits per heavy atom. The van der Waals surface area contributed by atoms with Crippen molar-refractivity contribution < 1.29 is 0 Å². The first-order valence-electron chi connectivity index (χ1n) is 5.26. The van der Waals surface area contributed by atoms with E-state index < -0.39 is 0 Å². The van der Waals surface area contributed by atoms with Crippen LogP contribution in [0, 0.1) is 5.41 Å². The second-order valence-corrected chi connectivity index (χ2v) is 4.78. The molecule has 1 aliphatic carbocycles. The minimum absolute atomic E-state index is 0.638. The fourth-order valence-corrected chi connectivity index (χ4v) is 2.52. The van der Waals surface area contributed by atoms with Crippen molar-refractivity contribution >= 4 is 0 Å². The minimum Gasteiger partial charge on any atom is -0.306 e. The Kier molecular flexibility index (Phi) is 3.16. The topological polar surface area (TPSA) is 3.24 Å². The maximum atomic E-state index is 2.46. The molecule has 72 valence electrons. The number of nitrogens with zero attached hydrogens (tertiary/aromatic N) is 1. The third kappa shape index (κ3) is 1.82. The zero-order chi connectivity index (χ0) is 9.19. The third-order valence-corrected chi connectivity index (χ3v) is 3.52. The number of hydrogen-bond donors (Lipinski definition) is 0. The highest BCUT2D eigenvalue weighted by molar-refractivity contribution is 4.96. The Morgan fingerprint density at radius 3 is 2.42 bits per heavy atom. The van der Waals surface area contributed by atoms with Crippen LogP contribution >= 0.6 is 0 Å². The molecule has 0 bridgehead atoms. The molecule has 0 aliphatic heterocycles. The van der Waals surface area contributed by atoms with E-state index in [-0.39, 0.29) is 0 Å². The second kappa shape index (κ2) is 3.78. The summed E-state index contributed by atoms with van der Waals surface area (Å²) in [5.41, 5.74) is 0.638. The molecule has 0 heterocycles. The molecule has 1 fully saturated rings. The summed E-state index contributed by atoms with van der Waals surface area (Å²) in [6.07, 6.45) is 7.02. The molecule has 0 radical (unpaired) electrons. The highest BCUT2D eigenvalue weighted by atomic mass is 15.1. The van der Waals surface area contributed by atoms with Crippen molar-refractivity contribution in [2.24, 2.45) is 5.41 Å². The zero-order valence-electron chi connectivity index (χ0n) is 9.06. The van der Waals surface area contributed by atoms with Crippen LogP contribution in [0.25, 0.3) is 0 Å². The van der Waals surface area contributed by atoms with Crippen molar-refractivity contribution in [3.8, 4) is 0 Å². The Balaban J connectivity index is 2.38. The largest absolute Gasteiger partial charge is 0.306 e. The van der Waals surface area contributed by atoms with Gasteiger partial charge in [-0.3, -0.25) is 0 Å². The number of hydrogen-bond acceptors (Lipinski definition) is 1. The Labute approximate surface area is 77.1 Å². The molecule has 0 aromatic heterocycles. The summed E-state index contributed by atoms with van der Waals surface area (Å²) in [6, 6.07) is 0.851. The molecule has 0 N–H and O–H groups in total. The van der Waals surface area contributed by atoms with Gasteiger partial charge in [0.1, 0.15) is 0 Å². The van der Waals surface area contributed by atoms with Gasteiger partial charge in [0.2, 0.25) is 0 Å². The van der Waals surface area contributed by atoms with Gasteiger partial charge in [0, 0.05) is 6.04 Å². The first-order chi connectivity index (χ1) is 5.60. The predicted molar refractivity (Wildman–Crippen MR) is 54.3 cm³/mol. The third-order valence-electron chi connectivity index (χ3n) is 3.52. The van der Waals surface area contributed by atoms with Crippen LogP contribution in [0.2, 0.25) is 0 Å². The van der Waals surface area contributed by atoms with E-state index in [2.05, 4.69) is 32.8 Å². The maximum absolute atomic E-state index is 2.46. The van der Waals surface area contributed by atoms with Crippen LogP contribution in [0.15, 0.2) is 0 Å². The van der Waals surface area contributed by atoms with Gasteiger partial charge in [-0.05, 0) is 38.8 Å². The van der Waals surface area contributed by atoms with Gasteiger partial charge in [-0.1, -0.05) is 26.7 Å². The van der Waals surface area contributed by atoms with E-state index in [0.717, 1.165) is 6.04 Å². The lowest BCUT2D eigenvalue weighted by Gasteiger charge is -2.51. The van der Waals surface area contributed by atoms with Crippen molar-refractivity contribution in [3.05, 3.63) is 0 Å². The van der Waals surface area contributed by atoms with Crippen LogP contribution in [0.4, 0.5) is 0 Å². The maximum Gasteiger partial charge on any atom is 0.0143 e. The highest BCUT2D eigenvalue weighted by Crippen LogP contribution is 2.46. The predicted octanol–water partition coefficient (Wildman–Crippen LogP) is 2.91. The van der Waals surface area contributed by atoms with Gasteiger partial charge in [-0.15, -0.1) is 0 Å². The van der Waals surface area contributed by atoms with Crippen LogP contribution in [-0.2, 0) is 0 Å². The summed E-state index contributed by atoms with van der Waals surface area (Å²) >= 11 is 0. The molecule has 0 spiro atoms. The van der Waals surface area contributed by atoms with Crippen molar-refractivity contribution in [2.75, 3.05) is 14.1 Å². The molecule has 0 saturated heterocycles. The van der Waals surface area contributed by atoms with Gasteiger partial charge in [0.15, 0.2) is 0 Å². The van der Waals surface area contributed by atoms with Gasteiger partial charge < -0.3 is 4.90 Å². The first kappa shape index (κ1) is 10.0. The standard InChI is InChI=1S/C11H23N/c1-5-6-8-11(2)9-7-10(11)12(3)4/h10H,5-9H2,1-4H3. The van der Waals surface area contributed by atoms with Crippen molar-refractivity contribution in [3.63, 3.8) is 0 Å². The number of unbranched alkanes of at least 4 members (excludes halogenated alkanes) is 1. The van der Waals surface area contributed by atoms with Crippen LogP contribution in [0.3, 0.4) is 0 Å². The van der Waals surface area contributed by atoms with Gasteiger partial charge in [-0.2, -0.15) is 0 Å². The van der Waals surface area contributed by atoms with E-state index in [1.807, 2.05) is 0 Å². The van der Waals surface area contributed by atoms with E-state index in [0.29, 0.717) is 5.41 Å². The van der Waals surface area contributed by atoms with Crippen molar-refractivity contribution in [1.82, 2.24) is 4.90 Å². The van der Waals surface area contributed by atoms with Crippen LogP contribution < -0.4 is 0 Å². The lowest BCUT2D eigenvalue weighted by Crippen LogP contribution is -2.50. The molecule has 1 saturated carbocycles. The molecule has 1 nitrogen and oxygen atoms in total. The van der Waals surface area contributed by atoms with Gasteiger partial charge in [-0.25, -0.2) is 0 Å². The second-order valence-electron chi connectivity index (χ2n) is 4.78. The number of rotatable bonds is 4. The molecule has 1 heteroatoms. The molecule has 0 amide bonds. The zero-order valence-corrected chi connectivity index (χ0v) is 9.06. The van der Waals surface area contributed by atoms with Gasteiger partial charge in [0.25, 0.3) is 0 Å². The minimum atomic E-state index is 0.638. The normalized spacial score (nSPS) is 35.2. The highest BCUT2D eigenvalue weighted by Gasteiger charge is 2.42. The SMILES string of the molecule is CCCCC1(C)CCC1N(C)C. The van der Waals surface area contributed by atoms with Crippen molar-refractivity contribution in [1.29, 1.82) is 0 Å². The van der Waals surface area contributed by atoms with E-state index in [1.165, 1.54) is 32.1 Å². The average molecular weight is 169 g/mol. The molecular weight excluding hydrogens is 146 g/mol. The summed E-state index contributed by atoms with van der Waals surface area (Å²) in [7, 11) is 4.43. The average Bonchev–Trinajstić information content (AvgIpc) is 1.97. The molecule has 0 aromatic rings. The van der Waals surface area contributed by atoms with Crippen LogP contribution in [0.5, 0.6) is 0 Å². The molecule has 2 atom stereocenters. The summed E-state index contributed by atoms with van der Waals surface area (Å²) in [4.78, 5) is 2.40. The van der Waals surface area contributed by atoms with Gasteiger partial charge >= 0.3 is 0 Å². The van der Waals surface area contributed by atoms with E-state index in [9.17, 15) is 0 Å². The van der Waals surface area contributed by atoms with E-state index in [4.69, 9.17) is 0 Å².